The van der Waals surface area contributed by atoms with Crippen molar-refractivity contribution in [3.05, 3.63) is 23.8 Å². The van der Waals surface area contributed by atoms with Gasteiger partial charge in [-0.2, -0.15) is 8.42 Å². The third-order valence-electron chi connectivity index (χ3n) is 4.41. The van der Waals surface area contributed by atoms with Crippen molar-refractivity contribution >= 4 is 27.6 Å². The fraction of sp³-hybridized carbons (Fsp3) is 0.500. The van der Waals surface area contributed by atoms with Gasteiger partial charge in [0.25, 0.3) is 0 Å². The highest BCUT2D eigenvalue weighted by atomic mass is 32.2. The first-order valence-electron chi connectivity index (χ1n) is 8.42. The number of amidine groups is 1. The molecule has 10 heteroatoms. The molecule has 0 spiro atoms. The Labute approximate surface area is 152 Å². The summed E-state index contributed by atoms with van der Waals surface area (Å²) in [5.74, 6) is 0.434. The van der Waals surface area contributed by atoms with Crippen LogP contribution >= 0.6 is 0 Å². The summed E-state index contributed by atoms with van der Waals surface area (Å²) in [7, 11) is -3.83. The molecule has 0 bridgehead atoms. The van der Waals surface area contributed by atoms with E-state index in [1.807, 2.05) is 0 Å². The highest BCUT2D eigenvalue weighted by Gasteiger charge is 2.26. The van der Waals surface area contributed by atoms with E-state index in [1.54, 1.807) is 23.1 Å². The quantitative estimate of drug-likeness (QED) is 0.659. The van der Waals surface area contributed by atoms with Gasteiger partial charge < -0.3 is 20.5 Å². The minimum absolute atomic E-state index is 0.0555. The third kappa shape index (κ3) is 4.07. The molecule has 1 aromatic carbocycles. The number of nitrogens with two attached hydrogens (primary N) is 1. The summed E-state index contributed by atoms with van der Waals surface area (Å²) in [5, 5.41) is 8.92. The molecule has 0 radical (unpaired) electrons. The van der Waals surface area contributed by atoms with Gasteiger partial charge in [0.2, 0.25) is 5.91 Å². The number of aliphatic hydroxyl groups is 1. The number of amides is 1. The fourth-order valence-corrected chi connectivity index (χ4v) is 4.07. The van der Waals surface area contributed by atoms with Crippen LogP contribution in [0.3, 0.4) is 0 Å². The number of hydrogen-bond acceptors (Lipinski definition) is 6. The lowest BCUT2D eigenvalue weighted by Crippen LogP contribution is -2.41. The van der Waals surface area contributed by atoms with Gasteiger partial charge in [-0.1, -0.05) is 6.07 Å². The topological polar surface area (TPSA) is 134 Å². The van der Waals surface area contributed by atoms with Crippen LogP contribution in [-0.4, -0.2) is 56.5 Å². The van der Waals surface area contributed by atoms with Crippen LogP contribution < -0.4 is 15.2 Å². The molecule has 0 aromatic heterocycles. The molecular formula is C16H22N4O5S. The number of fused-ring (bicyclic) bond motifs is 1. The van der Waals surface area contributed by atoms with E-state index in [4.69, 9.17) is 15.6 Å². The number of carbonyl (C=O) groups excluding carboxylic acids is 1. The molecule has 142 valence electrons. The van der Waals surface area contributed by atoms with Crippen molar-refractivity contribution in [1.82, 2.24) is 4.90 Å². The van der Waals surface area contributed by atoms with Gasteiger partial charge in [0, 0.05) is 25.4 Å². The van der Waals surface area contributed by atoms with Gasteiger partial charge in [-0.3, -0.25) is 9.52 Å². The second-order valence-electron chi connectivity index (χ2n) is 6.36. The second-order valence-corrected chi connectivity index (χ2v) is 7.70. The summed E-state index contributed by atoms with van der Waals surface area (Å²) in [6.07, 6.45) is 1.93. The zero-order valence-electron chi connectivity index (χ0n) is 14.2. The van der Waals surface area contributed by atoms with Crippen molar-refractivity contribution in [3.63, 3.8) is 0 Å². The van der Waals surface area contributed by atoms with Gasteiger partial charge in [-0.15, -0.1) is 4.40 Å². The zero-order valence-corrected chi connectivity index (χ0v) is 15.0. The predicted molar refractivity (Wildman–Crippen MR) is 96.2 cm³/mol. The number of likely N-dealkylation sites (tertiary alicyclic amines) is 1. The zero-order chi connectivity index (χ0) is 18.7. The first-order valence-corrected chi connectivity index (χ1v) is 9.86. The Morgan fingerprint density at radius 3 is 3.04 bits per heavy atom. The van der Waals surface area contributed by atoms with Crippen LogP contribution in [0.5, 0.6) is 5.75 Å². The maximum atomic E-state index is 11.9. The smallest absolute Gasteiger partial charge is 0.344 e. The Bertz CT molecular complexity index is 824. The molecule has 1 fully saturated rings. The van der Waals surface area contributed by atoms with Crippen molar-refractivity contribution in [2.45, 2.75) is 19.3 Å². The minimum atomic E-state index is -3.83. The lowest BCUT2D eigenvalue weighted by atomic mass is 9.98. The third-order valence-corrected chi connectivity index (χ3v) is 5.33. The highest BCUT2D eigenvalue weighted by molar-refractivity contribution is 7.91. The van der Waals surface area contributed by atoms with Crippen LogP contribution in [0.4, 0.5) is 5.69 Å². The van der Waals surface area contributed by atoms with Crippen molar-refractivity contribution in [2.24, 2.45) is 16.0 Å². The average molecular weight is 382 g/mol. The number of anilines is 1. The molecule has 4 N–H and O–H groups in total. The molecule has 0 saturated carbocycles. The van der Waals surface area contributed by atoms with Crippen LogP contribution in [0.25, 0.3) is 0 Å². The summed E-state index contributed by atoms with van der Waals surface area (Å²) in [6, 6.07) is 4.97. The number of carbonyl (C=O) groups is 1. The number of piperidine rings is 1. The monoisotopic (exact) mass is 382 g/mol. The predicted octanol–water partition coefficient (Wildman–Crippen LogP) is 0.0620. The van der Waals surface area contributed by atoms with Gasteiger partial charge in [-0.25, -0.2) is 0 Å². The number of ether oxygens (including phenoxy) is 1. The van der Waals surface area contributed by atoms with E-state index < -0.39 is 10.2 Å². The Kier molecular flexibility index (Phi) is 5.33. The summed E-state index contributed by atoms with van der Waals surface area (Å²) in [5.41, 5.74) is 6.56. The Morgan fingerprint density at radius 1 is 1.46 bits per heavy atom. The van der Waals surface area contributed by atoms with E-state index in [0.717, 1.165) is 12.8 Å². The fourth-order valence-electron chi connectivity index (χ4n) is 3.23. The maximum absolute atomic E-state index is 11.9. The van der Waals surface area contributed by atoms with E-state index in [9.17, 15) is 13.2 Å². The molecule has 1 aromatic rings. The SMILES string of the molecule is NC1=NS(=O)(=O)Nc2cccc(OCC3CCCN(C(=O)CCO)C3)c21. The van der Waals surface area contributed by atoms with Gasteiger partial charge in [0.1, 0.15) is 5.75 Å². The van der Waals surface area contributed by atoms with Crippen LogP contribution in [-0.2, 0) is 15.0 Å². The first-order chi connectivity index (χ1) is 12.4. The molecule has 2 heterocycles. The summed E-state index contributed by atoms with van der Waals surface area (Å²) < 4.78 is 34.9. The Balaban J connectivity index is 1.69. The van der Waals surface area contributed by atoms with Crippen LogP contribution in [0.1, 0.15) is 24.8 Å². The highest BCUT2D eigenvalue weighted by Crippen LogP contribution is 2.31. The van der Waals surface area contributed by atoms with E-state index in [2.05, 4.69) is 9.12 Å². The van der Waals surface area contributed by atoms with Crippen molar-refractivity contribution in [2.75, 3.05) is 31.0 Å². The van der Waals surface area contributed by atoms with Gasteiger partial charge in [-0.05, 0) is 25.0 Å². The minimum Gasteiger partial charge on any atom is -0.492 e. The van der Waals surface area contributed by atoms with Gasteiger partial charge in [0.05, 0.1) is 24.5 Å². The van der Waals surface area contributed by atoms with E-state index in [1.165, 1.54) is 0 Å². The summed E-state index contributed by atoms with van der Waals surface area (Å²) in [4.78, 5) is 13.7. The molecule has 0 aliphatic carbocycles. The number of hydrogen-bond donors (Lipinski definition) is 3. The Hall–Kier alpha value is -2.33. The molecule has 2 aliphatic heterocycles. The van der Waals surface area contributed by atoms with Crippen molar-refractivity contribution in [1.29, 1.82) is 0 Å². The second kappa shape index (κ2) is 7.50. The summed E-state index contributed by atoms with van der Waals surface area (Å²) in [6.45, 7) is 1.49. The molecule has 1 atom stereocenters. The van der Waals surface area contributed by atoms with Gasteiger partial charge in [0.15, 0.2) is 5.84 Å². The number of nitrogens with zero attached hydrogens (tertiary/aromatic N) is 2. The molecule has 1 saturated heterocycles. The molecule has 3 rings (SSSR count). The van der Waals surface area contributed by atoms with Crippen LogP contribution in [0.15, 0.2) is 22.6 Å². The number of rotatable bonds is 5. The lowest BCUT2D eigenvalue weighted by molar-refractivity contribution is -0.133. The molecule has 1 amide bonds. The Morgan fingerprint density at radius 2 is 2.27 bits per heavy atom. The maximum Gasteiger partial charge on any atom is 0.344 e. The molecular weight excluding hydrogens is 360 g/mol. The lowest BCUT2D eigenvalue weighted by Gasteiger charge is -2.33. The number of aliphatic hydroxyl groups excluding tert-OH is 1. The van der Waals surface area contributed by atoms with E-state index in [0.29, 0.717) is 36.7 Å². The van der Waals surface area contributed by atoms with Gasteiger partial charge >= 0.3 is 10.2 Å². The standard InChI is InChI=1S/C16H22N4O5S/c17-16-15-12(18-26(23,24)19-16)4-1-5-13(15)25-10-11-3-2-7-20(9-11)14(22)6-8-21/h1,4-5,11,18,21H,2-3,6-10H2,(H2,17,19). The normalized spacial score (nSPS) is 21.3. The summed E-state index contributed by atoms with van der Waals surface area (Å²) >= 11 is 0. The molecule has 2 aliphatic rings. The molecule has 26 heavy (non-hydrogen) atoms. The largest absolute Gasteiger partial charge is 0.492 e. The first kappa shape index (κ1) is 18.5. The van der Waals surface area contributed by atoms with E-state index >= 15 is 0 Å². The number of nitrogens with one attached hydrogen (secondary N) is 1. The number of benzene rings is 1. The van der Waals surface area contributed by atoms with Crippen molar-refractivity contribution < 1.29 is 23.1 Å². The van der Waals surface area contributed by atoms with E-state index in [-0.39, 0.29) is 30.7 Å². The van der Waals surface area contributed by atoms with Crippen molar-refractivity contribution in [3.8, 4) is 5.75 Å². The average Bonchev–Trinajstić information content (AvgIpc) is 2.59. The molecule has 1 unspecified atom stereocenters. The van der Waals surface area contributed by atoms with Crippen LogP contribution in [0, 0.1) is 5.92 Å². The van der Waals surface area contributed by atoms with Crippen LogP contribution in [0.2, 0.25) is 0 Å². The molecule has 9 nitrogen and oxygen atoms in total.